The van der Waals surface area contributed by atoms with Gasteiger partial charge in [0.2, 0.25) is 0 Å². The second-order valence-electron chi connectivity index (χ2n) is 12.3. The molecule has 2 aliphatic rings. The number of para-hydroxylation sites is 2. The molecule has 0 fully saturated rings. The minimum atomic E-state index is -0.706. The Bertz CT molecular complexity index is 2370. The molecule has 7 aromatic rings. The van der Waals surface area contributed by atoms with Crippen LogP contribution >= 0.6 is 0 Å². The van der Waals surface area contributed by atoms with Crippen LogP contribution in [0.25, 0.3) is 33.4 Å². The van der Waals surface area contributed by atoms with Crippen LogP contribution in [0.3, 0.4) is 0 Å². The van der Waals surface area contributed by atoms with E-state index in [0.717, 1.165) is 56.0 Å². The largest absolute Gasteiger partial charge is 0.310 e. The highest BCUT2D eigenvalue weighted by molar-refractivity contribution is 5.96. The van der Waals surface area contributed by atoms with Gasteiger partial charge in [-0.15, -0.1) is 0 Å². The molecule has 1 heterocycles. The van der Waals surface area contributed by atoms with Gasteiger partial charge in [0.25, 0.3) is 0 Å². The molecule has 0 saturated carbocycles. The molecule has 0 saturated heterocycles. The van der Waals surface area contributed by atoms with Gasteiger partial charge in [-0.2, -0.15) is 10.5 Å². The number of hydrogen-bond donors (Lipinski definition) is 0. The quantitative estimate of drug-likeness (QED) is 0.200. The Morgan fingerprint density at radius 3 is 1.38 bits per heavy atom. The molecule has 48 heavy (non-hydrogen) atoms. The summed E-state index contributed by atoms with van der Waals surface area (Å²) in [6.07, 6.45) is 0. The number of hydrogen-bond acceptors (Lipinski definition) is 3. The van der Waals surface area contributed by atoms with Gasteiger partial charge in [-0.05, 0) is 104 Å². The van der Waals surface area contributed by atoms with E-state index in [9.17, 15) is 10.5 Å². The van der Waals surface area contributed by atoms with Gasteiger partial charge in [0, 0.05) is 5.69 Å². The molecule has 1 aliphatic heterocycles. The van der Waals surface area contributed by atoms with Crippen LogP contribution in [-0.2, 0) is 5.41 Å². The third-order valence-corrected chi connectivity index (χ3v) is 9.94. The van der Waals surface area contributed by atoms with Crippen LogP contribution in [0.5, 0.6) is 0 Å². The van der Waals surface area contributed by atoms with Crippen LogP contribution in [-0.4, -0.2) is 0 Å². The van der Waals surface area contributed by atoms with Crippen LogP contribution in [0.4, 0.5) is 17.1 Å². The zero-order valence-electron chi connectivity index (χ0n) is 25.9. The first kappa shape index (κ1) is 27.6. The van der Waals surface area contributed by atoms with Crippen molar-refractivity contribution in [3.05, 3.63) is 197 Å². The van der Waals surface area contributed by atoms with Crippen LogP contribution in [0.2, 0.25) is 0 Å². The Kier molecular flexibility index (Phi) is 6.16. The molecule has 0 unspecified atom stereocenters. The van der Waals surface area contributed by atoms with E-state index in [1.807, 2.05) is 30.3 Å². The molecule has 1 spiro atoms. The van der Waals surface area contributed by atoms with Gasteiger partial charge in [0.15, 0.2) is 0 Å². The Labute approximate surface area is 279 Å². The predicted molar refractivity (Wildman–Crippen MR) is 192 cm³/mol. The van der Waals surface area contributed by atoms with E-state index >= 15 is 0 Å². The van der Waals surface area contributed by atoms with Gasteiger partial charge < -0.3 is 4.90 Å². The molecule has 0 atom stereocenters. The number of rotatable bonds is 3. The lowest BCUT2D eigenvalue weighted by Crippen LogP contribution is -2.36. The first-order valence-electron chi connectivity index (χ1n) is 16.1. The zero-order chi connectivity index (χ0) is 32.2. The van der Waals surface area contributed by atoms with E-state index in [-0.39, 0.29) is 0 Å². The Morgan fingerprint density at radius 1 is 0.396 bits per heavy atom. The van der Waals surface area contributed by atoms with Crippen molar-refractivity contribution in [3.8, 4) is 45.5 Å². The SMILES string of the molecule is N#Cc1ccc2c(c1)C1(c3cc(C#N)ccc3-2)c2ccccc2N(c2ccc(-c3ccccc3-c3ccccc3)cc2)c2ccccc21. The molecule has 7 aromatic carbocycles. The van der Waals surface area contributed by atoms with Crippen molar-refractivity contribution in [3.63, 3.8) is 0 Å². The number of fused-ring (bicyclic) bond motifs is 9. The summed E-state index contributed by atoms with van der Waals surface area (Å²) in [5, 5.41) is 20.0. The van der Waals surface area contributed by atoms with Crippen LogP contribution in [0, 0.1) is 22.7 Å². The summed E-state index contributed by atoms with van der Waals surface area (Å²) in [5.74, 6) is 0. The Hall–Kier alpha value is -6.68. The molecule has 0 amide bonds. The van der Waals surface area contributed by atoms with Crippen molar-refractivity contribution in [1.29, 1.82) is 10.5 Å². The predicted octanol–water partition coefficient (Wildman–Crippen LogP) is 10.9. The first-order valence-corrected chi connectivity index (χ1v) is 16.1. The second-order valence-corrected chi connectivity index (χ2v) is 12.3. The number of benzene rings is 7. The highest BCUT2D eigenvalue weighted by Crippen LogP contribution is 2.63. The van der Waals surface area contributed by atoms with Crippen LogP contribution < -0.4 is 4.90 Å². The Balaban J connectivity index is 1.27. The van der Waals surface area contributed by atoms with E-state index in [0.29, 0.717) is 11.1 Å². The average Bonchev–Trinajstić information content (AvgIpc) is 3.44. The summed E-state index contributed by atoms with van der Waals surface area (Å²) in [7, 11) is 0. The molecular weight excluding hydrogens is 583 g/mol. The van der Waals surface area contributed by atoms with E-state index < -0.39 is 5.41 Å². The van der Waals surface area contributed by atoms with Gasteiger partial charge in [0.05, 0.1) is 40.1 Å². The van der Waals surface area contributed by atoms with Crippen molar-refractivity contribution < 1.29 is 0 Å². The molecule has 3 nitrogen and oxygen atoms in total. The fraction of sp³-hybridized carbons (Fsp3) is 0.0222. The van der Waals surface area contributed by atoms with Gasteiger partial charge in [-0.25, -0.2) is 0 Å². The third-order valence-electron chi connectivity index (χ3n) is 9.94. The molecule has 0 N–H and O–H groups in total. The lowest BCUT2D eigenvalue weighted by atomic mass is 9.64. The van der Waals surface area contributed by atoms with Crippen molar-refractivity contribution in [2.24, 2.45) is 0 Å². The third kappa shape index (κ3) is 3.86. The summed E-state index contributed by atoms with van der Waals surface area (Å²) >= 11 is 0. The fourth-order valence-corrected chi connectivity index (χ4v) is 7.96. The van der Waals surface area contributed by atoms with Crippen molar-refractivity contribution in [2.75, 3.05) is 4.90 Å². The van der Waals surface area contributed by atoms with Gasteiger partial charge in [0.1, 0.15) is 0 Å². The number of anilines is 3. The van der Waals surface area contributed by atoms with Crippen molar-refractivity contribution in [2.45, 2.75) is 5.41 Å². The van der Waals surface area contributed by atoms with Crippen molar-refractivity contribution >= 4 is 17.1 Å². The minimum absolute atomic E-state index is 0.616. The normalized spacial score (nSPS) is 13.1. The second kappa shape index (κ2) is 10.7. The molecule has 0 bridgehead atoms. The maximum Gasteiger partial charge on any atom is 0.0991 e. The van der Waals surface area contributed by atoms with Crippen molar-refractivity contribution in [1.82, 2.24) is 0 Å². The van der Waals surface area contributed by atoms with E-state index in [1.54, 1.807) is 0 Å². The van der Waals surface area contributed by atoms with E-state index in [2.05, 4.69) is 150 Å². The standard InChI is InChI=1S/C45H27N3/c46-28-30-18-24-37-38-25-19-31(29-47)27-42(38)45(41(37)26-30)39-14-6-8-16-43(39)48(44-17-9-7-15-40(44)45)34-22-20-33(21-23-34)36-13-5-4-12-35(36)32-10-2-1-3-11-32/h1-27H. The molecule has 0 aromatic heterocycles. The lowest BCUT2D eigenvalue weighted by Gasteiger charge is -2.45. The average molecular weight is 610 g/mol. The lowest BCUT2D eigenvalue weighted by molar-refractivity contribution is 0.752. The molecule has 9 rings (SSSR count). The molecule has 0 radical (unpaired) electrons. The molecule has 222 valence electrons. The smallest absolute Gasteiger partial charge is 0.0991 e. The monoisotopic (exact) mass is 609 g/mol. The minimum Gasteiger partial charge on any atom is -0.310 e. The first-order chi connectivity index (χ1) is 23.7. The topological polar surface area (TPSA) is 50.8 Å². The summed E-state index contributed by atoms with van der Waals surface area (Å²) < 4.78 is 0. The van der Waals surface area contributed by atoms with E-state index in [4.69, 9.17) is 0 Å². The van der Waals surface area contributed by atoms with Gasteiger partial charge >= 0.3 is 0 Å². The number of nitrogens with zero attached hydrogens (tertiary/aromatic N) is 3. The molecular formula is C45H27N3. The molecule has 3 heteroatoms. The summed E-state index contributed by atoms with van der Waals surface area (Å²) in [4.78, 5) is 2.35. The van der Waals surface area contributed by atoms with Crippen LogP contribution in [0.1, 0.15) is 33.4 Å². The number of nitriles is 2. The maximum absolute atomic E-state index is 10.0. The van der Waals surface area contributed by atoms with Gasteiger partial charge in [-0.1, -0.05) is 115 Å². The molecule has 1 aliphatic carbocycles. The van der Waals surface area contributed by atoms with Gasteiger partial charge in [-0.3, -0.25) is 0 Å². The summed E-state index contributed by atoms with van der Waals surface area (Å²) in [5.41, 5.74) is 15.0. The summed E-state index contributed by atoms with van der Waals surface area (Å²) in [6.45, 7) is 0. The Morgan fingerprint density at radius 2 is 0.854 bits per heavy atom. The van der Waals surface area contributed by atoms with Crippen LogP contribution in [0.15, 0.2) is 164 Å². The fourth-order valence-electron chi connectivity index (χ4n) is 7.96. The summed E-state index contributed by atoms with van der Waals surface area (Å²) in [6, 6.07) is 61.9. The maximum atomic E-state index is 10.0. The highest BCUT2D eigenvalue weighted by atomic mass is 15.2. The van der Waals surface area contributed by atoms with E-state index in [1.165, 1.54) is 16.7 Å². The zero-order valence-corrected chi connectivity index (χ0v) is 25.9. The highest BCUT2D eigenvalue weighted by Gasteiger charge is 2.51.